The fourth-order valence-corrected chi connectivity index (χ4v) is 5.49. The zero-order chi connectivity index (χ0) is 17.5. The van der Waals surface area contributed by atoms with Crippen LogP contribution in [0.4, 0.5) is 0 Å². The third-order valence-corrected chi connectivity index (χ3v) is 6.50. The van der Waals surface area contributed by atoms with Crippen LogP contribution in [0.2, 0.25) is 0 Å². The third kappa shape index (κ3) is 2.98. The molecular weight excluding hydrogens is 322 g/mol. The van der Waals surface area contributed by atoms with Gasteiger partial charge in [-0.25, -0.2) is 4.98 Å². The van der Waals surface area contributed by atoms with Crippen LogP contribution in [0.1, 0.15) is 37.7 Å². The molecule has 6 rings (SSSR count). The molecule has 2 saturated heterocycles. The van der Waals surface area contributed by atoms with E-state index >= 15 is 0 Å². The summed E-state index contributed by atoms with van der Waals surface area (Å²) < 4.78 is 1.97. The number of hydrogen-bond donors (Lipinski definition) is 0. The lowest BCUT2D eigenvalue weighted by Gasteiger charge is -2.38. The van der Waals surface area contributed by atoms with Crippen LogP contribution in [-0.2, 0) is 4.79 Å². The first-order chi connectivity index (χ1) is 12.7. The lowest BCUT2D eigenvalue weighted by atomic mass is 9.68. The summed E-state index contributed by atoms with van der Waals surface area (Å²) in [6.45, 7) is 0.973. The molecule has 1 amide bonds. The predicted molar refractivity (Wildman–Crippen MR) is 102 cm³/mol. The molecule has 0 spiro atoms. The minimum absolute atomic E-state index is 0.196. The maximum Gasteiger partial charge on any atom is 0.246 e. The van der Waals surface area contributed by atoms with Gasteiger partial charge >= 0.3 is 0 Å². The number of benzene rings is 1. The largest absolute Gasteiger partial charge is 0.336 e. The molecular formula is C22H25N3O. The summed E-state index contributed by atoms with van der Waals surface area (Å²) >= 11 is 0. The van der Waals surface area contributed by atoms with E-state index in [1.807, 2.05) is 16.8 Å². The summed E-state index contributed by atoms with van der Waals surface area (Å²) in [5, 5.41) is 0. The van der Waals surface area contributed by atoms with Crippen LogP contribution in [0.15, 0.2) is 49.1 Å². The number of fused-ring (bicyclic) bond motifs is 1. The molecule has 4 aliphatic rings. The molecule has 0 N–H and O–H groups in total. The van der Waals surface area contributed by atoms with E-state index in [-0.39, 0.29) is 5.91 Å². The Kier molecular flexibility index (Phi) is 3.92. The highest BCUT2D eigenvalue weighted by Crippen LogP contribution is 2.47. The highest BCUT2D eigenvalue weighted by atomic mass is 16.2. The van der Waals surface area contributed by atoms with Gasteiger partial charge in [0, 0.05) is 36.7 Å². The van der Waals surface area contributed by atoms with E-state index in [1.54, 1.807) is 18.6 Å². The molecule has 2 saturated carbocycles. The van der Waals surface area contributed by atoms with Crippen molar-refractivity contribution < 1.29 is 4.79 Å². The maximum absolute atomic E-state index is 12.9. The molecule has 1 aromatic heterocycles. The molecule has 4 heteroatoms. The molecule has 3 heterocycles. The van der Waals surface area contributed by atoms with Crippen molar-refractivity contribution >= 4 is 12.0 Å². The quantitative estimate of drug-likeness (QED) is 0.789. The van der Waals surface area contributed by atoms with Crippen LogP contribution in [-0.4, -0.2) is 32.9 Å². The van der Waals surface area contributed by atoms with Gasteiger partial charge in [0.05, 0.1) is 6.33 Å². The van der Waals surface area contributed by atoms with Gasteiger partial charge < -0.3 is 9.47 Å². The van der Waals surface area contributed by atoms with Gasteiger partial charge in [-0.15, -0.1) is 0 Å². The molecule has 2 aliphatic heterocycles. The average Bonchev–Trinajstić information content (AvgIpc) is 3.11. The number of hydrogen-bond acceptors (Lipinski definition) is 2. The van der Waals surface area contributed by atoms with Crippen molar-refractivity contribution in [3.63, 3.8) is 0 Å². The van der Waals surface area contributed by atoms with Crippen LogP contribution in [0, 0.1) is 17.8 Å². The van der Waals surface area contributed by atoms with E-state index < -0.39 is 0 Å². The highest BCUT2D eigenvalue weighted by Gasteiger charge is 2.43. The van der Waals surface area contributed by atoms with Crippen molar-refractivity contribution in [2.24, 2.45) is 17.8 Å². The number of amides is 1. The molecule has 2 aromatic rings. The van der Waals surface area contributed by atoms with E-state index in [0.717, 1.165) is 35.5 Å². The summed E-state index contributed by atoms with van der Waals surface area (Å²) in [6.07, 6.45) is 15.8. The first kappa shape index (κ1) is 15.9. The Morgan fingerprint density at radius 1 is 1.00 bits per heavy atom. The standard InChI is InChI=1S/C22H25N3O/c26-22(25-14-19-10-17-9-18(11-19)13-21(25)12-17)6-3-16-1-4-20(5-2-16)24-8-7-23-15-24/h1-8,15,17-19,21H,9-14H2. The Morgan fingerprint density at radius 3 is 2.42 bits per heavy atom. The summed E-state index contributed by atoms with van der Waals surface area (Å²) in [7, 11) is 0. The van der Waals surface area contributed by atoms with E-state index in [1.165, 1.54) is 32.1 Å². The van der Waals surface area contributed by atoms with Crippen molar-refractivity contribution in [2.45, 2.75) is 38.1 Å². The smallest absolute Gasteiger partial charge is 0.246 e. The molecule has 2 atom stereocenters. The van der Waals surface area contributed by atoms with Gasteiger partial charge in [-0.2, -0.15) is 0 Å². The third-order valence-electron chi connectivity index (χ3n) is 6.50. The Hall–Kier alpha value is -2.36. The van der Waals surface area contributed by atoms with Gasteiger partial charge in [0.15, 0.2) is 0 Å². The van der Waals surface area contributed by atoms with Crippen LogP contribution in [0.3, 0.4) is 0 Å². The number of carbonyl (C=O) groups is 1. The lowest BCUT2D eigenvalue weighted by molar-refractivity contribution is -0.128. The van der Waals surface area contributed by atoms with Crippen LogP contribution in [0.5, 0.6) is 0 Å². The summed E-state index contributed by atoms with van der Waals surface area (Å²) in [6, 6.07) is 8.69. The Balaban J connectivity index is 1.29. The van der Waals surface area contributed by atoms with E-state index in [9.17, 15) is 4.79 Å². The van der Waals surface area contributed by atoms with E-state index in [0.29, 0.717) is 6.04 Å². The molecule has 26 heavy (non-hydrogen) atoms. The van der Waals surface area contributed by atoms with Crippen LogP contribution in [0.25, 0.3) is 11.8 Å². The lowest BCUT2D eigenvalue weighted by Crippen LogP contribution is -2.41. The van der Waals surface area contributed by atoms with Crippen molar-refractivity contribution in [3.05, 3.63) is 54.6 Å². The second kappa shape index (κ2) is 6.42. The van der Waals surface area contributed by atoms with Crippen molar-refractivity contribution in [1.82, 2.24) is 14.5 Å². The second-order valence-electron chi connectivity index (χ2n) is 8.32. The number of nitrogens with zero attached hydrogens (tertiary/aromatic N) is 3. The molecule has 1 aromatic carbocycles. The fraction of sp³-hybridized carbons (Fsp3) is 0.455. The molecule has 2 aliphatic carbocycles. The monoisotopic (exact) mass is 347 g/mol. The molecule has 4 fully saturated rings. The van der Waals surface area contributed by atoms with Crippen LogP contribution >= 0.6 is 0 Å². The first-order valence-electron chi connectivity index (χ1n) is 9.81. The van der Waals surface area contributed by atoms with E-state index in [2.05, 4.69) is 34.1 Å². The molecule has 0 radical (unpaired) electrons. The average molecular weight is 347 g/mol. The number of aromatic nitrogens is 2. The van der Waals surface area contributed by atoms with Gasteiger partial charge in [-0.05, 0) is 73.6 Å². The number of imidazole rings is 1. The van der Waals surface area contributed by atoms with Gasteiger partial charge in [-0.3, -0.25) is 4.79 Å². The van der Waals surface area contributed by atoms with Gasteiger partial charge in [-0.1, -0.05) is 12.1 Å². The summed E-state index contributed by atoms with van der Waals surface area (Å²) in [5.74, 6) is 2.67. The SMILES string of the molecule is O=C(C=Cc1ccc(-n2ccnc2)cc1)N1CC2CC3CC(C2)CC1C3. The minimum Gasteiger partial charge on any atom is -0.336 e. The Labute approximate surface area is 154 Å². The predicted octanol–water partition coefficient (Wildman–Crippen LogP) is 3.92. The van der Waals surface area contributed by atoms with Gasteiger partial charge in [0.25, 0.3) is 0 Å². The normalized spacial score (nSPS) is 30.1. The molecule has 2 unspecified atom stereocenters. The Morgan fingerprint density at radius 2 is 1.73 bits per heavy atom. The fourth-order valence-electron chi connectivity index (χ4n) is 5.49. The second-order valence-corrected chi connectivity index (χ2v) is 8.32. The van der Waals surface area contributed by atoms with Crippen molar-refractivity contribution in [2.75, 3.05) is 6.54 Å². The van der Waals surface area contributed by atoms with Crippen molar-refractivity contribution in [1.29, 1.82) is 0 Å². The van der Waals surface area contributed by atoms with Crippen molar-refractivity contribution in [3.8, 4) is 5.69 Å². The summed E-state index contributed by atoms with van der Waals surface area (Å²) in [5.41, 5.74) is 2.13. The maximum atomic E-state index is 12.9. The van der Waals surface area contributed by atoms with Gasteiger partial charge in [0.1, 0.15) is 0 Å². The topological polar surface area (TPSA) is 38.1 Å². The zero-order valence-electron chi connectivity index (χ0n) is 15.0. The van der Waals surface area contributed by atoms with Crippen LogP contribution < -0.4 is 0 Å². The molecule has 4 bridgehead atoms. The zero-order valence-corrected chi connectivity index (χ0v) is 15.0. The number of carbonyl (C=O) groups excluding carboxylic acids is 1. The number of rotatable bonds is 3. The highest BCUT2D eigenvalue weighted by molar-refractivity contribution is 5.92. The minimum atomic E-state index is 0.196. The Bertz CT molecular complexity index is 794. The van der Waals surface area contributed by atoms with Gasteiger partial charge in [0.2, 0.25) is 5.91 Å². The first-order valence-corrected chi connectivity index (χ1v) is 9.81. The van der Waals surface area contributed by atoms with E-state index in [4.69, 9.17) is 0 Å². The molecule has 4 nitrogen and oxygen atoms in total. The summed E-state index contributed by atoms with van der Waals surface area (Å²) in [4.78, 5) is 19.1. The molecule has 134 valence electrons.